The third kappa shape index (κ3) is 2.15. The third-order valence-corrected chi connectivity index (χ3v) is 2.21. The molecule has 1 aliphatic heterocycles. The Labute approximate surface area is 67.5 Å². The SMILES string of the molecule is CC(C)[C@@H]1C[C@@H](O)[C@H](N)CO1. The standard InChI is InChI=1S/C8H17NO2/c1-5(2)8-3-7(10)6(9)4-11-8/h5-8,10H,3-4,9H2,1-2H3/t6-,7-,8+/m1/s1. The largest absolute Gasteiger partial charge is 0.391 e. The summed E-state index contributed by atoms with van der Waals surface area (Å²) in [6.07, 6.45) is 0.486. The zero-order valence-corrected chi connectivity index (χ0v) is 7.16. The van der Waals surface area contributed by atoms with Crippen molar-refractivity contribution in [3.05, 3.63) is 0 Å². The average molecular weight is 159 g/mol. The predicted molar refractivity (Wildman–Crippen MR) is 43.2 cm³/mol. The molecule has 1 fully saturated rings. The van der Waals surface area contributed by atoms with Gasteiger partial charge in [-0.15, -0.1) is 0 Å². The molecule has 3 N–H and O–H groups in total. The zero-order valence-electron chi connectivity index (χ0n) is 7.16. The summed E-state index contributed by atoms with van der Waals surface area (Å²) in [5.74, 6) is 0.470. The van der Waals surface area contributed by atoms with Gasteiger partial charge in [0.05, 0.1) is 24.9 Å². The third-order valence-electron chi connectivity index (χ3n) is 2.21. The van der Waals surface area contributed by atoms with Crippen LogP contribution in [-0.4, -0.2) is 30.0 Å². The van der Waals surface area contributed by atoms with E-state index < -0.39 is 0 Å². The number of aliphatic hydroxyl groups is 1. The fourth-order valence-corrected chi connectivity index (χ4v) is 1.29. The fraction of sp³-hybridized carbons (Fsp3) is 1.00. The number of aliphatic hydroxyl groups excluding tert-OH is 1. The molecule has 0 amide bonds. The van der Waals surface area contributed by atoms with E-state index in [2.05, 4.69) is 13.8 Å². The lowest BCUT2D eigenvalue weighted by Gasteiger charge is -2.33. The summed E-state index contributed by atoms with van der Waals surface area (Å²) < 4.78 is 5.44. The average Bonchev–Trinajstić information content (AvgIpc) is 1.94. The number of ether oxygens (including phenoxy) is 1. The van der Waals surface area contributed by atoms with Crippen LogP contribution in [0.15, 0.2) is 0 Å². The molecule has 3 nitrogen and oxygen atoms in total. The van der Waals surface area contributed by atoms with Crippen molar-refractivity contribution in [2.45, 2.75) is 38.5 Å². The van der Waals surface area contributed by atoms with Crippen LogP contribution in [0, 0.1) is 5.92 Å². The van der Waals surface area contributed by atoms with Gasteiger partial charge in [-0.1, -0.05) is 13.8 Å². The molecule has 0 aromatic carbocycles. The lowest BCUT2D eigenvalue weighted by atomic mass is 9.95. The van der Waals surface area contributed by atoms with E-state index in [4.69, 9.17) is 10.5 Å². The van der Waals surface area contributed by atoms with Gasteiger partial charge in [0.25, 0.3) is 0 Å². The first kappa shape index (κ1) is 8.97. The second-order valence-corrected chi connectivity index (χ2v) is 3.58. The molecule has 0 unspecified atom stereocenters. The highest BCUT2D eigenvalue weighted by atomic mass is 16.5. The van der Waals surface area contributed by atoms with E-state index in [1.165, 1.54) is 0 Å². The molecule has 1 rings (SSSR count). The van der Waals surface area contributed by atoms with Crippen molar-refractivity contribution >= 4 is 0 Å². The van der Waals surface area contributed by atoms with Crippen LogP contribution in [0.1, 0.15) is 20.3 Å². The Morgan fingerprint density at radius 3 is 2.64 bits per heavy atom. The topological polar surface area (TPSA) is 55.5 Å². The molecular weight excluding hydrogens is 142 g/mol. The molecule has 3 atom stereocenters. The van der Waals surface area contributed by atoms with Crippen molar-refractivity contribution in [1.82, 2.24) is 0 Å². The minimum absolute atomic E-state index is 0.185. The van der Waals surface area contributed by atoms with Gasteiger partial charge in [-0.2, -0.15) is 0 Å². The van der Waals surface area contributed by atoms with Crippen molar-refractivity contribution in [2.24, 2.45) is 11.7 Å². The maximum Gasteiger partial charge on any atom is 0.0738 e. The monoisotopic (exact) mass is 159 g/mol. The number of rotatable bonds is 1. The molecule has 0 bridgehead atoms. The summed E-state index contributed by atoms with van der Waals surface area (Å²) in [5.41, 5.74) is 5.57. The Hall–Kier alpha value is -0.120. The zero-order chi connectivity index (χ0) is 8.43. The summed E-state index contributed by atoms with van der Waals surface area (Å²) in [7, 11) is 0. The van der Waals surface area contributed by atoms with Gasteiger partial charge in [0, 0.05) is 6.42 Å². The first-order valence-corrected chi connectivity index (χ1v) is 4.16. The molecule has 11 heavy (non-hydrogen) atoms. The van der Waals surface area contributed by atoms with E-state index in [1.807, 2.05) is 0 Å². The van der Waals surface area contributed by atoms with Crippen molar-refractivity contribution in [3.8, 4) is 0 Å². The summed E-state index contributed by atoms with van der Waals surface area (Å²) in [5, 5.41) is 9.39. The van der Waals surface area contributed by atoms with Crippen LogP contribution in [-0.2, 0) is 4.74 Å². The van der Waals surface area contributed by atoms with E-state index >= 15 is 0 Å². The van der Waals surface area contributed by atoms with E-state index in [9.17, 15) is 5.11 Å². The second-order valence-electron chi connectivity index (χ2n) is 3.58. The minimum atomic E-state index is -0.379. The van der Waals surface area contributed by atoms with Crippen molar-refractivity contribution < 1.29 is 9.84 Å². The van der Waals surface area contributed by atoms with Crippen LogP contribution in [0.5, 0.6) is 0 Å². The Balaban J connectivity index is 2.40. The highest BCUT2D eigenvalue weighted by molar-refractivity contribution is 4.81. The number of hydrogen-bond acceptors (Lipinski definition) is 3. The molecule has 3 heteroatoms. The van der Waals surface area contributed by atoms with Gasteiger partial charge >= 0.3 is 0 Å². The van der Waals surface area contributed by atoms with Crippen LogP contribution in [0.25, 0.3) is 0 Å². The Bertz CT molecular complexity index is 127. The van der Waals surface area contributed by atoms with E-state index in [1.54, 1.807) is 0 Å². The van der Waals surface area contributed by atoms with Crippen molar-refractivity contribution in [3.63, 3.8) is 0 Å². The lowest BCUT2D eigenvalue weighted by Crippen LogP contribution is -2.47. The highest BCUT2D eigenvalue weighted by Gasteiger charge is 2.28. The summed E-state index contributed by atoms with van der Waals surface area (Å²) in [6, 6.07) is -0.190. The molecule has 0 radical (unpaired) electrons. The number of nitrogens with two attached hydrogens (primary N) is 1. The van der Waals surface area contributed by atoms with Crippen molar-refractivity contribution in [2.75, 3.05) is 6.61 Å². The molecular formula is C8H17NO2. The van der Waals surface area contributed by atoms with E-state index in [-0.39, 0.29) is 18.2 Å². The number of hydrogen-bond donors (Lipinski definition) is 2. The van der Waals surface area contributed by atoms with Crippen LogP contribution >= 0.6 is 0 Å². The quantitative estimate of drug-likeness (QED) is 0.571. The Kier molecular flexibility index (Phi) is 2.87. The predicted octanol–water partition coefficient (Wildman–Crippen LogP) is 0.120. The van der Waals surface area contributed by atoms with Gasteiger partial charge in [0.1, 0.15) is 0 Å². The maximum atomic E-state index is 9.39. The fourth-order valence-electron chi connectivity index (χ4n) is 1.29. The molecule has 0 saturated carbocycles. The molecule has 1 aliphatic rings. The molecule has 0 aromatic rings. The molecule has 0 aliphatic carbocycles. The van der Waals surface area contributed by atoms with Gasteiger partial charge in [-0.05, 0) is 5.92 Å². The molecule has 66 valence electrons. The molecule has 0 spiro atoms. The minimum Gasteiger partial charge on any atom is -0.391 e. The summed E-state index contributed by atoms with van der Waals surface area (Å²) >= 11 is 0. The van der Waals surface area contributed by atoms with Gasteiger partial charge in [0.15, 0.2) is 0 Å². The van der Waals surface area contributed by atoms with Gasteiger partial charge in [-0.3, -0.25) is 0 Å². The van der Waals surface area contributed by atoms with Crippen LogP contribution in [0.4, 0.5) is 0 Å². The van der Waals surface area contributed by atoms with Gasteiger partial charge in [-0.25, -0.2) is 0 Å². The molecule has 1 heterocycles. The maximum absolute atomic E-state index is 9.39. The lowest BCUT2D eigenvalue weighted by molar-refractivity contribution is -0.0746. The Morgan fingerprint density at radius 1 is 1.55 bits per heavy atom. The van der Waals surface area contributed by atoms with Crippen LogP contribution in [0.3, 0.4) is 0 Å². The van der Waals surface area contributed by atoms with Gasteiger partial charge < -0.3 is 15.6 Å². The van der Waals surface area contributed by atoms with Gasteiger partial charge in [0.2, 0.25) is 0 Å². The summed E-state index contributed by atoms with van der Waals surface area (Å²) in [6.45, 7) is 4.67. The van der Waals surface area contributed by atoms with E-state index in [0.29, 0.717) is 18.9 Å². The van der Waals surface area contributed by atoms with E-state index in [0.717, 1.165) is 0 Å². The molecule has 1 saturated heterocycles. The first-order chi connectivity index (χ1) is 5.11. The van der Waals surface area contributed by atoms with Crippen molar-refractivity contribution in [1.29, 1.82) is 0 Å². The first-order valence-electron chi connectivity index (χ1n) is 4.16. The smallest absolute Gasteiger partial charge is 0.0738 e. The second kappa shape index (κ2) is 3.52. The Morgan fingerprint density at radius 2 is 2.18 bits per heavy atom. The highest BCUT2D eigenvalue weighted by Crippen LogP contribution is 2.19. The van der Waals surface area contributed by atoms with Crippen LogP contribution < -0.4 is 5.73 Å². The normalized spacial score (nSPS) is 39.5. The summed E-state index contributed by atoms with van der Waals surface area (Å²) in [4.78, 5) is 0. The van der Waals surface area contributed by atoms with Crippen LogP contribution in [0.2, 0.25) is 0 Å². The molecule has 0 aromatic heterocycles.